The van der Waals surface area contributed by atoms with Crippen LogP contribution in [0.3, 0.4) is 0 Å². The van der Waals surface area contributed by atoms with Crippen LogP contribution in [0.4, 0.5) is 0 Å². The molecule has 17 heavy (non-hydrogen) atoms. The Bertz CT molecular complexity index is 537. The lowest BCUT2D eigenvalue weighted by Gasteiger charge is -2.07. The summed E-state index contributed by atoms with van der Waals surface area (Å²) in [4.78, 5) is 15.5. The van der Waals surface area contributed by atoms with Crippen LogP contribution in [0.1, 0.15) is 17.3 Å². The first-order valence-corrected chi connectivity index (χ1v) is 6.14. The van der Waals surface area contributed by atoms with Gasteiger partial charge in [-0.1, -0.05) is 0 Å². The molecule has 0 spiro atoms. The number of ether oxygens (including phenoxy) is 1. The van der Waals surface area contributed by atoms with Crippen molar-refractivity contribution in [3.05, 3.63) is 51.7 Å². The number of carbonyl (C=O) groups is 1. The third-order valence-corrected chi connectivity index (χ3v) is 2.90. The lowest BCUT2D eigenvalue weighted by Crippen LogP contribution is -1.98. The average Bonchev–Trinajstić information content (AvgIpc) is 2.32. The minimum Gasteiger partial charge on any atom is -0.438 e. The third-order valence-electron chi connectivity index (χ3n) is 2.18. The number of Topliss-reactive ketones (excluding diaryl/α,β-unsaturated/α-hetero) is 1. The zero-order valence-electron chi connectivity index (χ0n) is 9.18. The van der Waals surface area contributed by atoms with Crippen LogP contribution >= 0.6 is 22.6 Å². The van der Waals surface area contributed by atoms with E-state index in [1.54, 1.807) is 18.3 Å². The van der Waals surface area contributed by atoms with Crippen LogP contribution in [0.25, 0.3) is 0 Å². The molecule has 0 N–H and O–H groups in total. The fourth-order valence-corrected chi connectivity index (χ4v) is 1.71. The number of aromatic nitrogens is 1. The van der Waals surface area contributed by atoms with Crippen LogP contribution in [-0.4, -0.2) is 10.8 Å². The molecule has 0 bridgehead atoms. The molecule has 1 heterocycles. The fourth-order valence-electron chi connectivity index (χ4n) is 1.35. The molecule has 1 aromatic heterocycles. The summed E-state index contributed by atoms with van der Waals surface area (Å²) in [6, 6.07) is 11.0. The number of pyridine rings is 1. The van der Waals surface area contributed by atoms with E-state index in [4.69, 9.17) is 4.74 Å². The van der Waals surface area contributed by atoms with Gasteiger partial charge in [-0.05, 0) is 65.9 Å². The van der Waals surface area contributed by atoms with E-state index < -0.39 is 0 Å². The quantitative estimate of drug-likeness (QED) is 0.633. The second-order valence-electron chi connectivity index (χ2n) is 3.47. The van der Waals surface area contributed by atoms with Gasteiger partial charge >= 0.3 is 0 Å². The fraction of sp³-hybridized carbons (Fsp3) is 0.0769. The molecular formula is C13H10INO2. The van der Waals surface area contributed by atoms with Crippen LogP contribution in [0, 0.1) is 3.57 Å². The van der Waals surface area contributed by atoms with Crippen molar-refractivity contribution in [3.8, 4) is 11.6 Å². The summed E-state index contributed by atoms with van der Waals surface area (Å²) in [6.07, 6.45) is 1.61. The topological polar surface area (TPSA) is 39.2 Å². The maximum atomic E-state index is 11.4. The molecule has 0 fully saturated rings. The summed E-state index contributed by atoms with van der Waals surface area (Å²) in [5, 5.41) is 0. The van der Waals surface area contributed by atoms with Gasteiger partial charge in [0, 0.05) is 9.77 Å². The van der Waals surface area contributed by atoms with Crippen molar-refractivity contribution < 1.29 is 9.53 Å². The Labute approximate surface area is 113 Å². The summed E-state index contributed by atoms with van der Waals surface area (Å²) in [5.41, 5.74) is 0.492. The molecule has 2 rings (SSSR count). The number of ketones is 1. The van der Waals surface area contributed by atoms with Gasteiger partial charge in [0.1, 0.15) is 5.75 Å². The van der Waals surface area contributed by atoms with Gasteiger partial charge in [-0.25, -0.2) is 4.98 Å². The van der Waals surface area contributed by atoms with Crippen LogP contribution in [-0.2, 0) is 0 Å². The van der Waals surface area contributed by atoms with Gasteiger partial charge in [0.05, 0.1) is 5.56 Å². The summed E-state index contributed by atoms with van der Waals surface area (Å²) in [7, 11) is 0. The third kappa shape index (κ3) is 3.03. The zero-order chi connectivity index (χ0) is 12.3. The van der Waals surface area contributed by atoms with Crippen molar-refractivity contribution in [1.82, 2.24) is 4.98 Å². The predicted octanol–water partition coefficient (Wildman–Crippen LogP) is 3.68. The Morgan fingerprint density at radius 2 is 1.94 bits per heavy atom. The maximum absolute atomic E-state index is 11.4. The largest absolute Gasteiger partial charge is 0.438 e. The molecular weight excluding hydrogens is 329 g/mol. The Balaban J connectivity index is 2.30. The number of hydrogen-bond donors (Lipinski definition) is 0. The van der Waals surface area contributed by atoms with Crippen LogP contribution in [0.15, 0.2) is 42.6 Å². The molecule has 0 radical (unpaired) electrons. The van der Waals surface area contributed by atoms with Gasteiger partial charge in [-0.15, -0.1) is 0 Å². The van der Waals surface area contributed by atoms with Crippen LogP contribution in [0.2, 0.25) is 0 Å². The maximum Gasteiger partial charge on any atom is 0.230 e. The van der Waals surface area contributed by atoms with Crippen molar-refractivity contribution in [2.75, 3.05) is 0 Å². The van der Waals surface area contributed by atoms with E-state index in [-0.39, 0.29) is 5.78 Å². The second kappa shape index (κ2) is 5.27. The summed E-state index contributed by atoms with van der Waals surface area (Å²) >= 11 is 2.22. The first-order chi connectivity index (χ1) is 8.16. The number of carbonyl (C=O) groups excluding carboxylic acids is 1. The van der Waals surface area contributed by atoms with E-state index in [0.29, 0.717) is 17.2 Å². The molecule has 0 aliphatic rings. The van der Waals surface area contributed by atoms with Gasteiger partial charge in [-0.2, -0.15) is 0 Å². The Kier molecular flexibility index (Phi) is 3.73. The Morgan fingerprint density at radius 3 is 2.59 bits per heavy atom. The number of halogens is 1. The molecule has 0 aliphatic carbocycles. The van der Waals surface area contributed by atoms with E-state index in [1.807, 2.05) is 24.3 Å². The molecule has 0 amide bonds. The zero-order valence-corrected chi connectivity index (χ0v) is 11.3. The molecule has 3 nitrogen and oxygen atoms in total. The van der Waals surface area contributed by atoms with Crippen molar-refractivity contribution in [3.63, 3.8) is 0 Å². The lowest BCUT2D eigenvalue weighted by molar-refractivity contribution is 0.101. The molecule has 0 unspecified atom stereocenters. The molecule has 1 aromatic carbocycles. The van der Waals surface area contributed by atoms with Crippen molar-refractivity contribution in [2.24, 2.45) is 0 Å². The highest BCUT2D eigenvalue weighted by atomic mass is 127. The Hall–Kier alpha value is -1.43. The molecule has 2 aromatic rings. The monoisotopic (exact) mass is 339 g/mol. The van der Waals surface area contributed by atoms with Crippen LogP contribution in [0.5, 0.6) is 11.6 Å². The SMILES string of the molecule is CC(=O)c1cccnc1Oc1ccc(I)cc1. The molecule has 0 saturated heterocycles. The van der Waals surface area contributed by atoms with Crippen molar-refractivity contribution >= 4 is 28.4 Å². The van der Waals surface area contributed by atoms with Gasteiger partial charge in [-0.3, -0.25) is 4.79 Å². The summed E-state index contributed by atoms with van der Waals surface area (Å²) < 4.78 is 6.72. The normalized spacial score (nSPS) is 10.0. The molecule has 4 heteroatoms. The van der Waals surface area contributed by atoms with E-state index in [9.17, 15) is 4.79 Å². The van der Waals surface area contributed by atoms with Gasteiger partial charge in [0.25, 0.3) is 0 Å². The standard InChI is InChI=1S/C13H10INO2/c1-9(16)12-3-2-8-15-13(12)17-11-6-4-10(14)5-7-11/h2-8H,1H3. The highest BCUT2D eigenvalue weighted by Gasteiger charge is 2.09. The van der Waals surface area contributed by atoms with E-state index in [0.717, 1.165) is 3.57 Å². The van der Waals surface area contributed by atoms with Crippen LogP contribution < -0.4 is 4.74 Å². The highest BCUT2D eigenvalue weighted by molar-refractivity contribution is 14.1. The number of rotatable bonds is 3. The molecule has 86 valence electrons. The molecule has 0 atom stereocenters. The number of hydrogen-bond acceptors (Lipinski definition) is 3. The van der Waals surface area contributed by atoms with Gasteiger partial charge < -0.3 is 4.74 Å². The van der Waals surface area contributed by atoms with Gasteiger partial charge in [0.15, 0.2) is 5.78 Å². The predicted molar refractivity (Wildman–Crippen MR) is 73.5 cm³/mol. The average molecular weight is 339 g/mol. The van der Waals surface area contributed by atoms with E-state index >= 15 is 0 Å². The Morgan fingerprint density at radius 1 is 1.24 bits per heavy atom. The minimum absolute atomic E-state index is 0.0568. The van der Waals surface area contributed by atoms with Crippen molar-refractivity contribution in [2.45, 2.75) is 6.92 Å². The first kappa shape index (κ1) is 12.0. The first-order valence-electron chi connectivity index (χ1n) is 5.06. The molecule has 0 aliphatic heterocycles. The number of nitrogens with zero attached hydrogens (tertiary/aromatic N) is 1. The lowest BCUT2D eigenvalue weighted by atomic mass is 10.2. The van der Waals surface area contributed by atoms with Gasteiger partial charge in [0.2, 0.25) is 5.88 Å². The van der Waals surface area contributed by atoms with Crippen molar-refractivity contribution in [1.29, 1.82) is 0 Å². The van der Waals surface area contributed by atoms with E-state index in [2.05, 4.69) is 27.6 Å². The second-order valence-corrected chi connectivity index (χ2v) is 4.71. The number of benzene rings is 1. The minimum atomic E-state index is -0.0568. The molecule has 0 saturated carbocycles. The van der Waals surface area contributed by atoms with E-state index in [1.165, 1.54) is 6.92 Å². The summed E-state index contributed by atoms with van der Waals surface area (Å²) in [5.74, 6) is 0.964. The smallest absolute Gasteiger partial charge is 0.230 e. The highest BCUT2D eigenvalue weighted by Crippen LogP contribution is 2.23. The summed E-state index contributed by atoms with van der Waals surface area (Å²) in [6.45, 7) is 1.50.